The van der Waals surface area contributed by atoms with Gasteiger partial charge in [-0.2, -0.15) is 5.26 Å². The van der Waals surface area contributed by atoms with Gasteiger partial charge in [-0.3, -0.25) is 4.79 Å². The average molecular weight is 248 g/mol. The summed E-state index contributed by atoms with van der Waals surface area (Å²) < 4.78 is 4.90. The van der Waals surface area contributed by atoms with E-state index in [9.17, 15) is 4.79 Å². The highest BCUT2D eigenvalue weighted by molar-refractivity contribution is 5.75. The first-order chi connectivity index (χ1) is 8.58. The molecule has 1 rings (SSSR count). The molecule has 18 heavy (non-hydrogen) atoms. The zero-order valence-electron chi connectivity index (χ0n) is 10.8. The Balaban J connectivity index is 2.91. The third-order valence-electron chi connectivity index (χ3n) is 2.24. The highest BCUT2D eigenvalue weighted by Crippen LogP contribution is 2.11. The van der Waals surface area contributed by atoms with Crippen LogP contribution in [0.1, 0.15) is 26.5 Å². The maximum absolute atomic E-state index is 11.5. The lowest BCUT2D eigenvalue weighted by atomic mass is 10.3. The van der Waals surface area contributed by atoms with Crippen molar-refractivity contribution < 1.29 is 9.53 Å². The van der Waals surface area contributed by atoms with Gasteiger partial charge in [0, 0.05) is 12.2 Å². The number of hydrogen-bond acceptors (Lipinski definition) is 6. The molecule has 0 saturated heterocycles. The monoisotopic (exact) mass is 248 g/mol. The fourth-order valence-corrected chi connectivity index (χ4v) is 1.38. The van der Waals surface area contributed by atoms with Crippen LogP contribution in [0.25, 0.3) is 0 Å². The number of ether oxygens (including phenoxy) is 1. The van der Waals surface area contributed by atoms with Crippen molar-refractivity contribution in [3.8, 4) is 6.07 Å². The highest BCUT2D eigenvalue weighted by Gasteiger charge is 2.18. The summed E-state index contributed by atoms with van der Waals surface area (Å²) in [5.74, 6) is 0.0225. The van der Waals surface area contributed by atoms with Gasteiger partial charge in [-0.05, 0) is 26.8 Å². The number of hydrogen-bond donors (Lipinski definition) is 0. The van der Waals surface area contributed by atoms with Crippen LogP contribution in [0.5, 0.6) is 0 Å². The molecule has 0 saturated carbocycles. The predicted molar refractivity (Wildman–Crippen MR) is 65.9 cm³/mol. The Kier molecular flexibility index (Phi) is 5.06. The molecule has 0 spiro atoms. The van der Waals surface area contributed by atoms with Crippen LogP contribution in [-0.4, -0.2) is 35.1 Å². The second-order valence-corrected chi connectivity index (χ2v) is 3.88. The number of carbonyl (C=O) groups excluding carboxylic acids is 1. The Morgan fingerprint density at radius 3 is 2.89 bits per heavy atom. The van der Waals surface area contributed by atoms with Gasteiger partial charge in [0.15, 0.2) is 0 Å². The first kappa shape index (κ1) is 13.9. The molecule has 0 unspecified atom stereocenters. The van der Waals surface area contributed by atoms with E-state index >= 15 is 0 Å². The molecule has 1 aromatic rings. The molecule has 0 bridgehead atoms. The average Bonchev–Trinajstić information content (AvgIpc) is 2.36. The van der Waals surface area contributed by atoms with Crippen LogP contribution in [0, 0.1) is 11.3 Å². The molecule has 0 fully saturated rings. The summed E-state index contributed by atoms with van der Waals surface area (Å²) in [6, 6.07) is 3.50. The third kappa shape index (κ3) is 3.70. The molecule has 6 nitrogen and oxygen atoms in total. The number of anilines is 1. The van der Waals surface area contributed by atoms with E-state index in [2.05, 4.69) is 9.97 Å². The lowest BCUT2D eigenvalue weighted by molar-refractivity contribution is -0.141. The van der Waals surface area contributed by atoms with Gasteiger partial charge in [0.25, 0.3) is 0 Å². The molecule has 0 aromatic carbocycles. The zero-order valence-corrected chi connectivity index (χ0v) is 10.8. The highest BCUT2D eigenvalue weighted by atomic mass is 16.5. The summed E-state index contributed by atoms with van der Waals surface area (Å²) >= 11 is 0. The fraction of sp³-hybridized carbons (Fsp3) is 0.500. The summed E-state index contributed by atoms with van der Waals surface area (Å²) in [6.45, 7) is 6.00. The Morgan fingerprint density at radius 2 is 2.33 bits per heavy atom. The second-order valence-electron chi connectivity index (χ2n) is 3.88. The molecule has 0 aliphatic heterocycles. The van der Waals surface area contributed by atoms with E-state index in [0.717, 1.165) is 0 Å². The van der Waals surface area contributed by atoms with Gasteiger partial charge in [0.1, 0.15) is 18.3 Å². The molecule has 1 heterocycles. The quantitative estimate of drug-likeness (QED) is 0.727. The van der Waals surface area contributed by atoms with Crippen LogP contribution >= 0.6 is 0 Å². The normalized spacial score (nSPS) is 9.94. The smallest absolute Gasteiger partial charge is 0.325 e. The molecular formula is C12H16N4O2. The minimum atomic E-state index is -0.336. The lowest BCUT2D eigenvalue weighted by Crippen LogP contribution is -2.37. The van der Waals surface area contributed by atoms with Gasteiger partial charge in [0.2, 0.25) is 5.95 Å². The molecule has 1 aromatic heterocycles. The van der Waals surface area contributed by atoms with E-state index in [1.807, 2.05) is 19.9 Å². The van der Waals surface area contributed by atoms with Gasteiger partial charge in [0.05, 0.1) is 6.61 Å². The Hall–Kier alpha value is -2.16. The lowest BCUT2D eigenvalue weighted by Gasteiger charge is -2.25. The first-order valence-electron chi connectivity index (χ1n) is 5.73. The standard InChI is InChI=1S/C12H16N4O2/c1-4-18-11(17)8-16(9(2)3)12-14-6-5-10(7-13)15-12/h5-6,9H,4,8H2,1-3H3. The predicted octanol–water partition coefficient (Wildman–Crippen LogP) is 1.13. The largest absolute Gasteiger partial charge is 0.465 e. The third-order valence-corrected chi connectivity index (χ3v) is 2.24. The molecular weight excluding hydrogens is 232 g/mol. The van der Waals surface area contributed by atoms with Crippen LogP contribution in [0.2, 0.25) is 0 Å². The minimum absolute atomic E-state index is 0.0309. The van der Waals surface area contributed by atoms with Crippen molar-refractivity contribution in [1.82, 2.24) is 9.97 Å². The molecule has 96 valence electrons. The maximum atomic E-state index is 11.5. The summed E-state index contributed by atoms with van der Waals surface area (Å²) in [4.78, 5) is 21.3. The van der Waals surface area contributed by atoms with Crippen LogP contribution in [0.15, 0.2) is 12.3 Å². The summed E-state index contributed by atoms with van der Waals surface area (Å²) in [7, 11) is 0. The van der Waals surface area contributed by atoms with Crippen molar-refractivity contribution in [3.63, 3.8) is 0 Å². The summed E-state index contributed by atoms with van der Waals surface area (Å²) in [5.41, 5.74) is 0.273. The fourth-order valence-electron chi connectivity index (χ4n) is 1.38. The number of esters is 1. The van der Waals surface area contributed by atoms with Crippen molar-refractivity contribution in [2.24, 2.45) is 0 Å². The number of nitrogens with zero attached hydrogens (tertiary/aromatic N) is 4. The SMILES string of the molecule is CCOC(=O)CN(c1nccc(C#N)n1)C(C)C. The van der Waals surface area contributed by atoms with Crippen LogP contribution in [0.3, 0.4) is 0 Å². The molecule has 0 radical (unpaired) electrons. The molecule has 0 N–H and O–H groups in total. The molecule has 0 amide bonds. The van der Waals surface area contributed by atoms with E-state index < -0.39 is 0 Å². The van der Waals surface area contributed by atoms with Gasteiger partial charge in [-0.1, -0.05) is 0 Å². The molecule has 0 atom stereocenters. The number of rotatable bonds is 5. The van der Waals surface area contributed by atoms with Crippen LogP contribution in [0.4, 0.5) is 5.95 Å². The zero-order chi connectivity index (χ0) is 13.5. The first-order valence-corrected chi connectivity index (χ1v) is 5.73. The van der Waals surface area contributed by atoms with Crippen molar-refractivity contribution in [2.45, 2.75) is 26.8 Å². The Bertz CT molecular complexity index is 454. The van der Waals surface area contributed by atoms with Crippen molar-refractivity contribution in [2.75, 3.05) is 18.1 Å². The van der Waals surface area contributed by atoms with Crippen LogP contribution < -0.4 is 4.90 Å². The van der Waals surface area contributed by atoms with E-state index in [4.69, 9.17) is 10.00 Å². The van der Waals surface area contributed by atoms with E-state index in [-0.39, 0.29) is 24.2 Å². The summed E-state index contributed by atoms with van der Waals surface area (Å²) in [6.07, 6.45) is 1.50. The number of aromatic nitrogens is 2. The van der Waals surface area contributed by atoms with Crippen molar-refractivity contribution in [3.05, 3.63) is 18.0 Å². The van der Waals surface area contributed by atoms with Gasteiger partial charge in [-0.15, -0.1) is 0 Å². The Labute approximate surface area is 106 Å². The number of carbonyl (C=O) groups is 1. The van der Waals surface area contributed by atoms with Crippen LogP contribution in [-0.2, 0) is 9.53 Å². The van der Waals surface area contributed by atoms with Gasteiger partial charge in [-0.25, -0.2) is 9.97 Å². The molecule has 0 aliphatic rings. The van der Waals surface area contributed by atoms with E-state index in [1.165, 1.54) is 12.3 Å². The minimum Gasteiger partial charge on any atom is -0.465 e. The summed E-state index contributed by atoms with van der Waals surface area (Å²) in [5, 5.41) is 8.80. The Morgan fingerprint density at radius 1 is 1.61 bits per heavy atom. The van der Waals surface area contributed by atoms with Crippen molar-refractivity contribution in [1.29, 1.82) is 5.26 Å². The molecule has 6 heteroatoms. The van der Waals surface area contributed by atoms with Gasteiger partial charge < -0.3 is 9.64 Å². The van der Waals surface area contributed by atoms with E-state index in [1.54, 1.807) is 11.8 Å². The maximum Gasteiger partial charge on any atom is 0.325 e. The topological polar surface area (TPSA) is 79.1 Å². The number of nitriles is 1. The second kappa shape index (κ2) is 6.55. The van der Waals surface area contributed by atoms with Gasteiger partial charge >= 0.3 is 5.97 Å². The molecule has 0 aliphatic carbocycles. The van der Waals surface area contributed by atoms with E-state index in [0.29, 0.717) is 12.6 Å². The van der Waals surface area contributed by atoms with Crippen molar-refractivity contribution >= 4 is 11.9 Å².